The zero-order valence-corrected chi connectivity index (χ0v) is 23.2. The molecule has 0 unspecified atom stereocenters. The van der Waals surface area contributed by atoms with Crippen LogP contribution in [0.25, 0.3) is 16.7 Å². The first kappa shape index (κ1) is 27.9. The molecule has 41 heavy (non-hydrogen) atoms. The van der Waals surface area contributed by atoms with E-state index >= 15 is 0 Å². The van der Waals surface area contributed by atoms with E-state index < -0.39 is 27.3 Å². The Kier molecular flexibility index (Phi) is 7.81. The summed E-state index contributed by atoms with van der Waals surface area (Å²) in [5.74, 6) is -1.01. The van der Waals surface area contributed by atoms with Gasteiger partial charge in [-0.15, -0.1) is 0 Å². The van der Waals surface area contributed by atoms with Crippen LogP contribution in [-0.4, -0.2) is 48.1 Å². The number of fused-ring (bicyclic) bond motifs is 2. The number of rotatable bonds is 9. The summed E-state index contributed by atoms with van der Waals surface area (Å²) in [4.78, 5) is 51.3. The number of aromatic nitrogens is 3. The van der Waals surface area contributed by atoms with E-state index in [1.165, 1.54) is 30.6 Å². The van der Waals surface area contributed by atoms with Crippen molar-refractivity contribution in [3.63, 3.8) is 0 Å². The van der Waals surface area contributed by atoms with Crippen LogP contribution in [0, 0.1) is 0 Å². The van der Waals surface area contributed by atoms with Gasteiger partial charge in [-0.25, -0.2) is 18.9 Å². The van der Waals surface area contributed by atoms with Crippen molar-refractivity contribution in [1.82, 2.24) is 24.7 Å². The number of hydrogen-bond donors (Lipinski definition) is 3. The zero-order valence-electron chi connectivity index (χ0n) is 22.4. The van der Waals surface area contributed by atoms with Crippen molar-refractivity contribution in [3.8, 4) is 5.69 Å². The molecule has 2 aromatic heterocycles. The third-order valence-corrected chi connectivity index (χ3v) is 7.29. The van der Waals surface area contributed by atoms with Gasteiger partial charge in [0.25, 0.3) is 5.91 Å². The Morgan fingerprint density at radius 2 is 1.83 bits per heavy atom. The molecule has 0 atom stereocenters. The number of nitrogens with one attached hydrogen (secondary N) is 3. The summed E-state index contributed by atoms with van der Waals surface area (Å²) in [7, 11) is -2.30. The number of nitrogens with zero attached hydrogens (tertiary/aromatic N) is 3. The lowest BCUT2D eigenvalue weighted by Gasteiger charge is -2.15. The number of anilines is 2. The van der Waals surface area contributed by atoms with E-state index in [0.717, 1.165) is 36.8 Å². The van der Waals surface area contributed by atoms with Crippen molar-refractivity contribution >= 4 is 44.5 Å². The standard InChI is InChI=1S/C28H28N6O6S/c1-40-32-27(37)23-16-34(21-12-9-18-4-3-5-19(18)14-21)26-22(25(23)36)15-29-28(31-26)30-20-10-6-17(7-11-20)8-13-24(35)33-41(2,38)39/h6-7,9-12,14-16H,3-5,8,13H2,1-2H3,(H,32,37)(H,33,35)(H,29,30,31). The van der Waals surface area contributed by atoms with Gasteiger partial charge in [-0.2, -0.15) is 4.98 Å². The molecule has 0 saturated carbocycles. The largest absolute Gasteiger partial charge is 0.324 e. The van der Waals surface area contributed by atoms with Crippen molar-refractivity contribution < 1.29 is 22.8 Å². The molecular weight excluding hydrogens is 548 g/mol. The van der Waals surface area contributed by atoms with Crippen LogP contribution >= 0.6 is 0 Å². The molecule has 2 heterocycles. The number of sulfonamides is 1. The number of pyridine rings is 1. The fourth-order valence-corrected chi connectivity index (χ4v) is 5.30. The van der Waals surface area contributed by atoms with E-state index in [9.17, 15) is 22.8 Å². The van der Waals surface area contributed by atoms with E-state index in [0.29, 0.717) is 17.8 Å². The van der Waals surface area contributed by atoms with Crippen LogP contribution in [0.3, 0.4) is 0 Å². The molecule has 212 valence electrons. The van der Waals surface area contributed by atoms with Crippen molar-refractivity contribution in [1.29, 1.82) is 0 Å². The van der Waals surface area contributed by atoms with Crippen LogP contribution in [0.5, 0.6) is 0 Å². The molecule has 2 aromatic carbocycles. The molecule has 1 aliphatic carbocycles. The Hall–Kier alpha value is -4.62. The number of benzene rings is 2. The lowest BCUT2D eigenvalue weighted by atomic mass is 10.1. The topological polar surface area (TPSA) is 161 Å². The molecular formula is C28H28N6O6S. The quantitative estimate of drug-likeness (QED) is 0.254. The van der Waals surface area contributed by atoms with E-state index in [-0.39, 0.29) is 23.3 Å². The van der Waals surface area contributed by atoms with Gasteiger partial charge in [0.15, 0.2) is 5.65 Å². The molecule has 0 spiro atoms. The first-order valence-electron chi connectivity index (χ1n) is 12.9. The Bertz CT molecular complexity index is 1820. The molecule has 4 aromatic rings. The van der Waals surface area contributed by atoms with Crippen molar-refractivity contribution in [2.45, 2.75) is 32.1 Å². The summed E-state index contributed by atoms with van der Waals surface area (Å²) >= 11 is 0. The smallest absolute Gasteiger partial charge is 0.280 e. The molecule has 5 rings (SSSR count). The molecule has 12 nitrogen and oxygen atoms in total. The Morgan fingerprint density at radius 1 is 1.07 bits per heavy atom. The molecule has 0 bridgehead atoms. The molecule has 0 aliphatic heterocycles. The second-order valence-electron chi connectivity index (χ2n) is 9.73. The minimum absolute atomic E-state index is 0.0260. The maximum absolute atomic E-state index is 13.2. The van der Waals surface area contributed by atoms with Gasteiger partial charge in [0.2, 0.25) is 27.3 Å². The van der Waals surface area contributed by atoms with Gasteiger partial charge >= 0.3 is 0 Å². The van der Waals surface area contributed by atoms with Gasteiger partial charge in [0.1, 0.15) is 5.56 Å². The van der Waals surface area contributed by atoms with Crippen LogP contribution in [0.2, 0.25) is 0 Å². The van der Waals surface area contributed by atoms with Gasteiger partial charge in [-0.1, -0.05) is 18.2 Å². The monoisotopic (exact) mass is 576 g/mol. The Balaban J connectivity index is 1.45. The summed E-state index contributed by atoms with van der Waals surface area (Å²) in [5.41, 5.74) is 6.67. The Morgan fingerprint density at radius 3 is 2.56 bits per heavy atom. The second-order valence-corrected chi connectivity index (χ2v) is 11.5. The predicted octanol–water partition coefficient (Wildman–Crippen LogP) is 2.31. The maximum atomic E-state index is 13.2. The average Bonchev–Trinajstić information content (AvgIpc) is 3.40. The number of aryl methyl sites for hydroxylation is 3. The zero-order chi connectivity index (χ0) is 29.1. The van der Waals surface area contributed by atoms with Crippen LogP contribution in [0.1, 0.15) is 39.9 Å². The minimum atomic E-state index is -3.59. The van der Waals surface area contributed by atoms with E-state index in [2.05, 4.69) is 26.8 Å². The third-order valence-electron chi connectivity index (χ3n) is 6.69. The number of hydroxylamine groups is 1. The SMILES string of the molecule is CONC(=O)c1cn(-c2ccc3c(c2)CCC3)c2nc(Nc3ccc(CCC(=O)NS(C)(=O)=O)cc3)ncc2c1=O. The number of hydrogen-bond acceptors (Lipinski definition) is 9. The van der Waals surface area contributed by atoms with Crippen molar-refractivity contribution in [2.24, 2.45) is 0 Å². The third kappa shape index (κ3) is 6.42. The van der Waals surface area contributed by atoms with Crippen LogP contribution in [-0.2, 0) is 38.9 Å². The summed E-state index contributed by atoms with van der Waals surface area (Å²) in [5, 5.41) is 3.29. The van der Waals surface area contributed by atoms with Crippen molar-refractivity contribution in [3.05, 3.63) is 87.3 Å². The highest BCUT2D eigenvalue weighted by Gasteiger charge is 2.20. The summed E-state index contributed by atoms with van der Waals surface area (Å²) in [6.07, 6.45) is 7.22. The van der Waals surface area contributed by atoms with Gasteiger partial charge < -0.3 is 9.88 Å². The first-order chi connectivity index (χ1) is 19.6. The van der Waals surface area contributed by atoms with Crippen LogP contribution < -0.4 is 20.9 Å². The summed E-state index contributed by atoms with van der Waals surface area (Å²) < 4.78 is 26.0. The number of carbonyl (C=O) groups excluding carboxylic acids is 2. The molecule has 3 N–H and O–H groups in total. The van der Waals surface area contributed by atoms with Gasteiger partial charge in [0.05, 0.1) is 18.8 Å². The van der Waals surface area contributed by atoms with E-state index in [1.807, 2.05) is 16.9 Å². The lowest BCUT2D eigenvalue weighted by molar-refractivity contribution is -0.119. The normalized spacial score (nSPS) is 12.6. The van der Waals surface area contributed by atoms with Gasteiger partial charge in [-0.05, 0) is 66.6 Å². The van der Waals surface area contributed by atoms with Crippen molar-refractivity contribution in [2.75, 3.05) is 18.7 Å². The fraction of sp³-hybridized carbons (Fsp3) is 0.250. The van der Waals surface area contributed by atoms with E-state index in [1.54, 1.807) is 28.8 Å². The second kappa shape index (κ2) is 11.5. The highest BCUT2D eigenvalue weighted by atomic mass is 32.2. The fourth-order valence-electron chi connectivity index (χ4n) is 4.78. The highest BCUT2D eigenvalue weighted by Crippen LogP contribution is 2.26. The number of carbonyl (C=O) groups is 2. The predicted molar refractivity (Wildman–Crippen MR) is 153 cm³/mol. The molecule has 1 aliphatic rings. The van der Waals surface area contributed by atoms with Crippen LogP contribution in [0.15, 0.2) is 59.7 Å². The number of amides is 2. The van der Waals surface area contributed by atoms with E-state index in [4.69, 9.17) is 4.84 Å². The molecule has 2 amide bonds. The maximum Gasteiger partial charge on any atom is 0.280 e. The molecule has 0 radical (unpaired) electrons. The lowest BCUT2D eigenvalue weighted by Crippen LogP contribution is -2.29. The molecule has 0 fully saturated rings. The minimum Gasteiger partial charge on any atom is -0.324 e. The average molecular weight is 577 g/mol. The first-order valence-corrected chi connectivity index (χ1v) is 14.7. The van der Waals surface area contributed by atoms with Gasteiger partial charge in [-0.3, -0.25) is 23.9 Å². The van der Waals surface area contributed by atoms with Crippen LogP contribution in [0.4, 0.5) is 11.6 Å². The summed E-state index contributed by atoms with van der Waals surface area (Å²) in [6, 6.07) is 13.2. The molecule has 0 saturated heterocycles. The molecule has 13 heteroatoms. The Labute approximate surface area is 235 Å². The summed E-state index contributed by atoms with van der Waals surface area (Å²) in [6.45, 7) is 0. The van der Waals surface area contributed by atoms with Gasteiger partial charge in [0, 0.05) is 30.2 Å². The highest BCUT2D eigenvalue weighted by molar-refractivity contribution is 7.89.